The zero-order chi connectivity index (χ0) is 30.6. The second kappa shape index (κ2) is 12.6. The molecule has 0 N–H and O–H groups in total. The molecule has 0 aliphatic carbocycles. The quantitative estimate of drug-likeness (QED) is 0.133. The summed E-state index contributed by atoms with van der Waals surface area (Å²) in [7, 11) is 0. The molecule has 5 aromatic rings. The molecular weight excluding hydrogens is 588 g/mol. The van der Waals surface area contributed by atoms with Crippen LogP contribution >= 0.6 is 11.6 Å². The predicted octanol–water partition coefficient (Wildman–Crippen LogP) is 5.07. The molecule has 0 radical (unpaired) electrons. The highest BCUT2D eigenvalue weighted by molar-refractivity contribution is 6.33. The predicted molar refractivity (Wildman–Crippen MR) is 157 cm³/mol. The van der Waals surface area contributed by atoms with Gasteiger partial charge in [0, 0.05) is 0 Å². The van der Waals surface area contributed by atoms with Crippen LogP contribution in [0.2, 0.25) is 5.15 Å². The Morgan fingerprint density at radius 3 is 1.84 bits per heavy atom. The SMILES string of the molecule is C[C@@H](OC(=O)c1ccccc1)[C@H]1O[C@@H](n2cnc3c(Cl)ncnc32)[C@@H](OC(=O)c2ccccc2)C1OC(=O)c1ccccc1. The highest BCUT2D eigenvalue weighted by atomic mass is 35.5. The number of ether oxygens (including phenoxy) is 4. The average Bonchev–Trinajstić information content (AvgIpc) is 3.64. The number of rotatable bonds is 8. The Balaban J connectivity index is 1.40. The van der Waals surface area contributed by atoms with Crippen LogP contribution in [0.4, 0.5) is 0 Å². The molecule has 1 aliphatic heterocycles. The largest absolute Gasteiger partial charge is 0.456 e. The van der Waals surface area contributed by atoms with Crippen molar-refractivity contribution in [1.82, 2.24) is 19.5 Å². The van der Waals surface area contributed by atoms with Gasteiger partial charge in [0.25, 0.3) is 0 Å². The number of benzene rings is 3. The topological polar surface area (TPSA) is 132 Å². The maximum Gasteiger partial charge on any atom is 0.338 e. The lowest BCUT2D eigenvalue weighted by molar-refractivity contribution is -0.0869. The van der Waals surface area contributed by atoms with Crippen LogP contribution in [0.3, 0.4) is 0 Å². The van der Waals surface area contributed by atoms with Crippen LogP contribution in [-0.4, -0.2) is 61.8 Å². The van der Waals surface area contributed by atoms with Crippen molar-refractivity contribution in [2.24, 2.45) is 0 Å². The lowest BCUT2D eigenvalue weighted by Crippen LogP contribution is -2.44. The monoisotopic (exact) mass is 612 g/mol. The molecule has 12 heteroatoms. The summed E-state index contributed by atoms with van der Waals surface area (Å²) in [4.78, 5) is 52.4. The van der Waals surface area contributed by atoms with Gasteiger partial charge in [-0.1, -0.05) is 66.2 Å². The molecule has 0 amide bonds. The van der Waals surface area contributed by atoms with Crippen LogP contribution < -0.4 is 0 Å². The maximum atomic E-state index is 13.4. The van der Waals surface area contributed by atoms with E-state index in [0.717, 1.165) is 0 Å². The third kappa shape index (κ3) is 5.87. The van der Waals surface area contributed by atoms with Gasteiger partial charge in [-0.15, -0.1) is 0 Å². The number of aromatic nitrogens is 4. The lowest BCUT2D eigenvalue weighted by atomic mass is 10.0. The Kier molecular flexibility index (Phi) is 8.31. The van der Waals surface area contributed by atoms with E-state index in [9.17, 15) is 14.4 Å². The Hall–Kier alpha value is -5.13. The molecule has 0 saturated carbocycles. The van der Waals surface area contributed by atoms with Gasteiger partial charge in [0.2, 0.25) is 0 Å². The molecule has 5 atom stereocenters. The van der Waals surface area contributed by atoms with Gasteiger partial charge < -0.3 is 18.9 Å². The van der Waals surface area contributed by atoms with E-state index >= 15 is 0 Å². The van der Waals surface area contributed by atoms with E-state index in [4.69, 9.17) is 30.5 Å². The van der Waals surface area contributed by atoms with Gasteiger partial charge in [0.05, 0.1) is 23.0 Å². The fourth-order valence-electron chi connectivity index (χ4n) is 4.95. The normalized spacial score (nSPS) is 20.1. The summed E-state index contributed by atoms with van der Waals surface area (Å²) in [6.07, 6.45) is -2.94. The van der Waals surface area contributed by atoms with Crippen LogP contribution in [0, 0.1) is 0 Å². The smallest absolute Gasteiger partial charge is 0.338 e. The van der Waals surface area contributed by atoms with Crippen molar-refractivity contribution in [1.29, 1.82) is 0 Å². The summed E-state index contributed by atoms with van der Waals surface area (Å²) in [6, 6.07) is 25.1. The molecule has 0 spiro atoms. The Bertz CT molecular complexity index is 1790. The highest BCUT2D eigenvalue weighted by Gasteiger charge is 2.54. The zero-order valence-electron chi connectivity index (χ0n) is 23.2. The summed E-state index contributed by atoms with van der Waals surface area (Å²) < 4.78 is 25.8. The Morgan fingerprint density at radius 1 is 0.750 bits per heavy atom. The number of carbonyl (C=O) groups is 3. The molecule has 0 bridgehead atoms. The van der Waals surface area contributed by atoms with Crippen LogP contribution in [0.25, 0.3) is 11.2 Å². The number of fused-ring (bicyclic) bond motifs is 1. The van der Waals surface area contributed by atoms with E-state index in [1.807, 2.05) is 0 Å². The molecule has 2 aromatic heterocycles. The fourth-order valence-corrected chi connectivity index (χ4v) is 5.12. The van der Waals surface area contributed by atoms with Gasteiger partial charge in [-0.3, -0.25) is 4.57 Å². The number of carbonyl (C=O) groups excluding carboxylic acids is 3. The molecule has 222 valence electrons. The molecule has 3 heterocycles. The standard InChI is InChI=1S/C32H25ClN4O7/c1-19(41-30(38)20-11-5-2-6-12-20)24-25(43-31(39)21-13-7-3-8-14-21)26(44-32(40)22-15-9-4-10-16-22)29(42-24)37-18-36-23-27(33)34-17-35-28(23)37/h2-19,24-26,29H,1H3/t19-,24-,25?,26+,29-/m1/s1. The van der Waals surface area contributed by atoms with Crippen molar-refractivity contribution in [3.63, 3.8) is 0 Å². The van der Waals surface area contributed by atoms with Crippen molar-refractivity contribution >= 4 is 40.7 Å². The minimum Gasteiger partial charge on any atom is -0.456 e. The molecule has 11 nitrogen and oxygen atoms in total. The minimum absolute atomic E-state index is 0.110. The molecule has 1 saturated heterocycles. The van der Waals surface area contributed by atoms with Crippen LogP contribution in [0.15, 0.2) is 104 Å². The van der Waals surface area contributed by atoms with Crippen LogP contribution in [-0.2, 0) is 18.9 Å². The molecule has 1 unspecified atom stereocenters. The summed E-state index contributed by atoms with van der Waals surface area (Å²) in [5, 5.41) is 0.110. The molecule has 6 rings (SSSR count). The highest BCUT2D eigenvalue weighted by Crippen LogP contribution is 2.38. The maximum absolute atomic E-state index is 13.4. The van der Waals surface area contributed by atoms with Crippen molar-refractivity contribution in [2.45, 2.75) is 37.6 Å². The molecule has 1 fully saturated rings. The first-order valence-electron chi connectivity index (χ1n) is 13.7. The molecule has 3 aromatic carbocycles. The number of halogens is 1. The number of hydrogen-bond donors (Lipinski definition) is 0. The van der Waals surface area contributed by atoms with Gasteiger partial charge >= 0.3 is 17.9 Å². The fraction of sp³-hybridized carbons (Fsp3) is 0.188. The third-order valence-electron chi connectivity index (χ3n) is 7.08. The van der Waals surface area contributed by atoms with E-state index in [1.54, 1.807) is 97.9 Å². The van der Waals surface area contributed by atoms with Gasteiger partial charge in [-0.05, 0) is 43.3 Å². The summed E-state index contributed by atoms with van der Waals surface area (Å²) in [6.45, 7) is 1.61. The van der Waals surface area contributed by atoms with E-state index in [-0.39, 0.29) is 21.8 Å². The number of imidazole rings is 1. The number of nitrogens with zero attached hydrogens (tertiary/aromatic N) is 4. The van der Waals surface area contributed by atoms with Gasteiger partial charge in [-0.2, -0.15) is 0 Å². The Labute approximate surface area is 256 Å². The van der Waals surface area contributed by atoms with E-state index in [0.29, 0.717) is 11.2 Å². The first-order valence-corrected chi connectivity index (χ1v) is 14.0. The van der Waals surface area contributed by atoms with Crippen molar-refractivity contribution in [3.8, 4) is 0 Å². The second-order valence-corrected chi connectivity index (χ2v) is 10.3. The van der Waals surface area contributed by atoms with E-state index in [2.05, 4.69) is 15.0 Å². The first-order chi connectivity index (χ1) is 21.4. The minimum atomic E-state index is -1.23. The number of esters is 3. The van der Waals surface area contributed by atoms with Gasteiger partial charge in [-0.25, -0.2) is 29.3 Å². The van der Waals surface area contributed by atoms with E-state index in [1.165, 1.54) is 17.2 Å². The number of hydrogen-bond acceptors (Lipinski definition) is 10. The third-order valence-corrected chi connectivity index (χ3v) is 7.36. The van der Waals surface area contributed by atoms with Gasteiger partial charge in [0.1, 0.15) is 24.1 Å². The molecule has 1 aliphatic rings. The van der Waals surface area contributed by atoms with E-state index < -0.39 is 48.6 Å². The molecular formula is C32H25ClN4O7. The summed E-state index contributed by atoms with van der Waals surface area (Å²) >= 11 is 6.26. The second-order valence-electron chi connectivity index (χ2n) is 9.93. The lowest BCUT2D eigenvalue weighted by Gasteiger charge is -2.27. The van der Waals surface area contributed by atoms with Crippen molar-refractivity contribution in [3.05, 3.63) is 125 Å². The summed E-state index contributed by atoms with van der Waals surface area (Å²) in [5.41, 5.74) is 1.44. The van der Waals surface area contributed by atoms with Crippen molar-refractivity contribution in [2.75, 3.05) is 0 Å². The zero-order valence-corrected chi connectivity index (χ0v) is 24.0. The average molecular weight is 613 g/mol. The first kappa shape index (κ1) is 29.0. The van der Waals surface area contributed by atoms with Gasteiger partial charge in [0.15, 0.2) is 29.2 Å². The summed E-state index contributed by atoms with van der Waals surface area (Å²) in [5.74, 6) is -1.98. The Morgan fingerprint density at radius 2 is 1.27 bits per heavy atom. The van der Waals surface area contributed by atoms with Crippen LogP contribution in [0.5, 0.6) is 0 Å². The molecule has 44 heavy (non-hydrogen) atoms. The van der Waals surface area contributed by atoms with Crippen molar-refractivity contribution < 1.29 is 33.3 Å². The van der Waals surface area contributed by atoms with Crippen LogP contribution in [0.1, 0.15) is 44.2 Å².